The molecule has 0 saturated carbocycles. The lowest BCUT2D eigenvalue weighted by Gasteiger charge is -2.10. The van der Waals surface area contributed by atoms with Crippen LogP contribution in [0, 0.1) is 6.92 Å². The summed E-state index contributed by atoms with van der Waals surface area (Å²) in [6, 6.07) is 2.52. The van der Waals surface area contributed by atoms with E-state index in [1.807, 2.05) is 10.9 Å². The summed E-state index contributed by atoms with van der Waals surface area (Å²) in [5.74, 6) is 0. The molecule has 0 amide bonds. The van der Waals surface area contributed by atoms with Crippen LogP contribution in [0.4, 0.5) is 0 Å². The molecule has 0 aliphatic rings. The summed E-state index contributed by atoms with van der Waals surface area (Å²) in [4.78, 5) is 0. The van der Waals surface area contributed by atoms with Crippen LogP contribution < -0.4 is 5.73 Å². The fourth-order valence-corrected chi connectivity index (χ4v) is 2.77. The summed E-state index contributed by atoms with van der Waals surface area (Å²) < 4.78 is 1.97. The Morgan fingerprint density at radius 3 is 2.71 bits per heavy atom. The molecule has 3 nitrogen and oxygen atoms in total. The zero-order chi connectivity index (χ0) is 12.4. The first-order chi connectivity index (χ1) is 8.08. The molecular formula is C13H19N3S. The van der Waals surface area contributed by atoms with Crippen molar-refractivity contribution in [1.29, 1.82) is 0 Å². The van der Waals surface area contributed by atoms with Crippen LogP contribution in [0.2, 0.25) is 0 Å². The number of nitrogens with two attached hydrogens (primary N) is 1. The number of rotatable bonds is 4. The topological polar surface area (TPSA) is 43.8 Å². The van der Waals surface area contributed by atoms with E-state index in [9.17, 15) is 0 Å². The molecule has 4 heteroatoms. The molecule has 17 heavy (non-hydrogen) atoms. The van der Waals surface area contributed by atoms with Gasteiger partial charge in [0.15, 0.2) is 0 Å². The molecule has 0 saturated heterocycles. The first kappa shape index (κ1) is 12.3. The van der Waals surface area contributed by atoms with Gasteiger partial charge in [-0.2, -0.15) is 16.4 Å². The Morgan fingerprint density at radius 2 is 2.18 bits per heavy atom. The molecule has 0 radical (unpaired) electrons. The van der Waals surface area contributed by atoms with Crippen molar-refractivity contribution in [3.63, 3.8) is 0 Å². The molecule has 0 spiro atoms. The fourth-order valence-electron chi connectivity index (χ4n) is 1.86. The van der Waals surface area contributed by atoms with Gasteiger partial charge in [-0.3, -0.25) is 4.68 Å². The molecule has 1 unspecified atom stereocenters. The Kier molecular flexibility index (Phi) is 3.64. The Labute approximate surface area is 106 Å². The molecule has 92 valence electrons. The highest BCUT2D eigenvalue weighted by Gasteiger charge is 2.12. The van der Waals surface area contributed by atoms with E-state index >= 15 is 0 Å². The van der Waals surface area contributed by atoms with Gasteiger partial charge in [0, 0.05) is 24.7 Å². The second kappa shape index (κ2) is 5.02. The predicted molar refractivity (Wildman–Crippen MR) is 72.3 cm³/mol. The van der Waals surface area contributed by atoms with Gasteiger partial charge in [0.1, 0.15) is 0 Å². The maximum atomic E-state index is 6.22. The Bertz CT molecular complexity index is 484. The van der Waals surface area contributed by atoms with Crippen molar-refractivity contribution in [3.8, 4) is 0 Å². The van der Waals surface area contributed by atoms with Crippen molar-refractivity contribution in [2.24, 2.45) is 5.73 Å². The van der Waals surface area contributed by atoms with Crippen LogP contribution in [0.15, 0.2) is 23.0 Å². The molecule has 0 bridgehead atoms. The Balaban J connectivity index is 2.08. The molecule has 2 heterocycles. The van der Waals surface area contributed by atoms with Crippen LogP contribution in [0.1, 0.15) is 42.8 Å². The van der Waals surface area contributed by atoms with Gasteiger partial charge in [0.2, 0.25) is 0 Å². The van der Waals surface area contributed by atoms with Crippen LogP contribution in [0.3, 0.4) is 0 Å². The average Bonchev–Trinajstić information content (AvgIpc) is 2.86. The van der Waals surface area contributed by atoms with E-state index in [2.05, 4.69) is 42.7 Å². The summed E-state index contributed by atoms with van der Waals surface area (Å²) >= 11 is 1.71. The van der Waals surface area contributed by atoms with E-state index < -0.39 is 0 Å². The molecule has 0 aromatic carbocycles. The normalized spacial score (nSPS) is 13.2. The van der Waals surface area contributed by atoms with Crippen LogP contribution in [0.25, 0.3) is 0 Å². The van der Waals surface area contributed by atoms with Gasteiger partial charge in [-0.25, -0.2) is 0 Å². The number of hydrogen-bond donors (Lipinski definition) is 1. The predicted octanol–water partition coefficient (Wildman–Crippen LogP) is 3.08. The first-order valence-corrected chi connectivity index (χ1v) is 6.84. The number of aromatic nitrogens is 2. The molecule has 2 aromatic heterocycles. The van der Waals surface area contributed by atoms with E-state index in [1.165, 1.54) is 11.1 Å². The van der Waals surface area contributed by atoms with E-state index in [1.54, 1.807) is 11.3 Å². The van der Waals surface area contributed by atoms with E-state index in [0.29, 0.717) is 6.04 Å². The van der Waals surface area contributed by atoms with Crippen LogP contribution in [-0.4, -0.2) is 9.78 Å². The summed E-state index contributed by atoms with van der Waals surface area (Å²) in [7, 11) is 0. The molecule has 0 fully saturated rings. The fraction of sp³-hybridized carbons (Fsp3) is 0.462. The lowest BCUT2D eigenvalue weighted by molar-refractivity contribution is 0.522. The smallest absolute Gasteiger partial charge is 0.0643 e. The highest BCUT2D eigenvalue weighted by molar-refractivity contribution is 7.08. The molecular weight excluding hydrogens is 230 g/mol. The number of thiophene rings is 1. The van der Waals surface area contributed by atoms with Gasteiger partial charge < -0.3 is 5.73 Å². The molecule has 2 N–H and O–H groups in total. The summed E-state index contributed by atoms with van der Waals surface area (Å²) in [6.45, 7) is 6.36. The van der Waals surface area contributed by atoms with Gasteiger partial charge in [-0.1, -0.05) is 0 Å². The van der Waals surface area contributed by atoms with Gasteiger partial charge in [-0.05, 0) is 48.7 Å². The van der Waals surface area contributed by atoms with Crippen LogP contribution in [0.5, 0.6) is 0 Å². The third-order valence-corrected chi connectivity index (χ3v) is 3.80. The third kappa shape index (κ3) is 2.76. The first-order valence-electron chi connectivity index (χ1n) is 5.90. The minimum Gasteiger partial charge on any atom is -0.324 e. The maximum Gasteiger partial charge on any atom is 0.0643 e. The minimum absolute atomic E-state index is 0.0526. The van der Waals surface area contributed by atoms with Crippen molar-refractivity contribution in [3.05, 3.63) is 39.8 Å². The van der Waals surface area contributed by atoms with Crippen molar-refractivity contribution in [2.45, 2.75) is 39.3 Å². The van der Waals surface area contributed by atoms with E-state index in [4.69, 9.17) is 5.73 Å². The maximum absolute atomic E-state index is 6.22. The lowest BCUT2D eigenvalue weighted by Crippen LogP contribution is -2.14. The van der Waals surface area contributed by atoms with Gasteiger partial charge in [0.25, 0.3) is 0 Å². The largest absolute Gasteiger partial charge is 0.324 e. The van der Waals surface area contributed by atoms with E-state index in [0.717, 1.165) is 12.1 Å². The monoisotopic (exact) mass is 249 g/mol. The molecule has 2 rings (SSSR count). The van der Waals surface area contributed by atoms with Gasteiger partial charge in [0.05, 0.1) is 5.69 Å². The van der Waals surface area contributed by atoms with Crippen molar-refractivity contribution in [1.82, 2.24) is 9.78 Å². The van der Waals surface area contributed by atoms with Crippen molar-refractivity contribution < 1.29 is 0 Å². The number of nitrogens with zero attached hydrogens (tertiary/aromatic N) is 2. The highest BCUT2D eigenvalue weighted by atomic mass is 32.1. The van der Waals surface area contributed by atoms with E-state index in [-0.39, 0.29) is 6.04 Å². The third-order valence-electron chi connectivity index (χ3n) is 2.92. The Hall–Kier alpha value is -1.13. The highest BCUT2D eigenvalue weighted by Crippen LogP contribution is 2.22. The van der Waals surface area contributed by atoms with Gasteiger partial charge >= 0.3 is 0 Å². The number of aryl methyl sites for hydroxylation is 1. The van der Waals surface area contributed by atoms with Gasteiger partial charge in [-0.15, -0.1) is 0 Å². The molecule has 2 aromatic rings. The van der Waals surface area contributed by atoms with Crippen molar-refractivity contribution >= 4 is 11.3 Å². The summed E-state index contributed by atoms with van der Waals surface area (Å²) in [6.07, 6.45) is 2.82. The van der Waals surface area contributed by atoms with Crippen molar-refractivity contribution in [2.75, 3.05) is 0 Å². The average molecular weight is 249 g/mol. The zero-order valence-electron chi connectivity index (χ0n) is 10.6. The number of hydrogen-bond acceptors (Lipinski definition) is 3. The minimum atomic E-state index is 0.0526. The summed E-state index contributed by atoms with van der Waals surface area (Å²) in [5.41, 5.74) is 9.81. The SMILES string of the molecule is Cc1cscc1C(N)Cc1ccn(C(C)C)n1. The van der Waals surface area contributed by atoms with Crippen LogP contribution in [-0.2, 0) is 6.42 Å². The Morgan fingerprint density at radius 1 is 1.41 bits per heavy atom. The quantitative estimate of drug-likeness (QED) is 0.905. The lowest BCUT2D eigenvalue weighted by atomic mass is 10.0. The second-order valence-electron chi connectivity index (χ2n) is 4.70. The molecule has 1 atom stereocenters. The zero-order valence-corrected chi connectivity index (χ0v) is 11.4. The van der Waals surface area contributed by atoms with Crippen LogP contribution >= 0.6 is 11.3 Å². The standard InChI is InChI=1S/C13H19N3S/c1-9(2)16-5-4-11(15-16)6-13(14)12-8-17-7-10(12)3/h4-5,7-9,13H,6,14H2,1-3H3. The second-order valence-corrected chi connectivity index (χ2v) is 5.45. The summed E-state index contributed by atoms with van der Waals surface area (Å²) in [5, 5.41) is 8.81. The molecule has 0 aliphatic heterocycles. The molecule has 0 aliphatic carbocycles.